The average molecular weight is 336 g/mol. The number of methoxy groups -OCH3 is 1. The number of hydrogen-bond acceptors (Lipinski definition) is 7. The molecular weight excluding hydrogens is 324 g/mol. The number of nitrogens with one attached hydrogen (secondary N) is 1. The summed E-state index contributed by atoms with van der Waals surface area (Å²) in [5.41, 5.74) is 0.288. The molecule has 1 aromatic carbocycles. The number of aromatic amines is 1. The van der Waals surface area contributed by atoms with Crippen LogP contribution in [0.2, 0.25) is 0 Å². The number of aromatic nitrogens is 3. The highest BCUT2D eigenvalue weighted by atomic mass is 32.2. The Morgan fingerprint density at radius 2 is 1.96 bits per heavy atom. The molecule has 10 heteroatoms. The van der Waals surface area contributed by atoms with E-state index in [4.69, 9.17) is 4.74 Å². The summed E-state index contributed by atoms with van der Waals surface area (Å²) in [5.74, 6) is -0.844. The van der Waals surface area contributed by atoms with Crippen molar-refractivity contribution in [1.29, 1.82) is 0 Å². The zero-order valence-electron chi connectivity index (χ0n) is 12.0. The van der Waals surface area contributed by atoms with Gasteiger partial charge in [0.1, 0.15) is 12.1 Å². The monoisotopic (exact) mass is 336 g/mol. The van der Waals surface area contributed by atoms with E-state index in [2.05, 4.69) is 15.2 Å². The number of hydrogen-bond donors (Lipinski definition) is 1. The van der Waals surface area contributed by atoms with E-state index in [0.29, 0.717) is 5.75 Å². The Kier molecular flexibility index (Phi) is 3.60. The summed E-state index contributed by atoms with van der Waals surface area (Å²) < 4.78 is 29.8. The Hall–Kier alpha value is -2.75. The lowest BCUT2D eigenvalue weighted by Gasteiger charge is -2.15. The molecule has 0 radical (unpaired) electrons. The third-order valence-corrected chi connectivity index (χ3v) is 5.33. The third-order valence-electron chi connectivity index (χ3n) is 3.47. The molecule has 2 amide bonds. The van der Waals surface area contributed by atoms with Crippen LogP contribution in [0, 0.1) is 0 Å². The molecule has 120 valence electrons. The molecule has 3 rings (SSSR count). The van der Waals surface area contributed by atoms with Gasteiger partial charge >= 0.3 is 0 Å². The average Bonchev–Trinajstić information content (AvgIpc) is 3.17. The zero-order valence-corrected chi connectivity index (χ0v) is 12.8. The van der Waals surface area contributed by atoms with Crippen LogP contribution in [0.3, 0.4) is 0 Å². The lowest BCUT2D eigenvalue weighted by Crippen LogP contribution is -2.35. The fourth-order valence-electron chi connectivity index (χ4n) is 2.32. The molecule has 9 nitrogen and oxygen atoms in total. The van der Waals surface area contributed by atoms with Gasteiger partial charge in [-0.1, -0.05) is 0 Å². The van der Waals surface area contributed by atoms with E-state index < -0.39 is 38.5 Å². The summed E-state index contributed by atoms with van der Waals surface area (Å²) in [6.45, 7) is 0. The van der Waals surface area contributed by atoms with Gasteiger partial charge in [0.2, 0.25) is 20.9 Å². The predicted molar refractivity (Wildman–Crippen MR) is 77.5 cm³/mol. The van der Waals surface area contributed by atoms with Gasteiger partial charge in [-0.05, 0) is 24.3 Å². The van der Waals surface area contributed by atoms with Gasteiger partial charge in [0.25, 0.3) is 5.91 Å². The molecule has 2 aromatic rings. The Bertz CT molecular complexity index is 845. The van der Waals surface area contributed by atoms with Crippen LogP contribution in [-0.2, 0) is 19.4 Å². The molecule has 1 aliphatic rings. The minimum Gasteiger partial charge on any atom is -0.497 e. The number of imide groups is 1. The molecule has 23 heavy (non-hydrogen) atoms. The first-order chi connectivity index (χ1) is 10.9. The molecular formula is C13H12N4O5S. The van der Waals surface area contributed by atoms with Crippen molar-refractivity contribution in [3.8, 4) is 5.75 Å². The van der Waals surface area contributed by atoms with Gasteiger partial charge in [0.05, 0.1) is 19.2 Å². The number of amides is 2. The fraction of sp³-hybridized carbons (Fsp3) is 0.231. The van der Waals surface area contributed by atoms with E-state index in [0.717, 1.165) is 11.2 Å². The summed E-state index contributed by atoms with van der Waals surface area (Å²) in [6.07, 6.45) is 0.587. The molecule has 1 fully saturated rings. The summed E-state index contributed by atoms with van der Waals surface area (Å²) in [5, 5.41) is 3.73. The number of carbonyl (C=O) groups excluding carboxylic acids is 2. The Labute approximate surface area is 131 Å². The number of anilines is 1. The first kappa shape index (κ1) is 15.2. The number of rotatable bonds is 4. The van der Waals surface area contributed by atoms with Crippen LogP contribution in [0.15, 0.2) is 35.7 Å². The highest BCUT2D eigenvalue weighted by Crippen LogP contribution is 2.29. The van der Waals surface area contributed by atoms with Gasteiger partial charge < -0.3 is 4.74 Å². The van der Waals surface area contributed by atoms with E-state index >= 15 is 0 Å². The molecule has 0 saturated carbocycles. The molecule has 1 saturated heterocycles. The second kappa shape index (κ2) is 5.47. The predicted octanol–water partition coefficient (Wildman–Crippen LogP) is -0.0809. The van der Waals surface area contributed by atoms with Crippen molar-refractivity contribution in [2.75, 3.05) is 12.0 Å². The van der Waals surface area contributed by atoms with Crippen LogP contribution in [0.4, 0.5) is 5.69 Å². The third kappa shape index (κ3) is 2.46. The Morgan fingerprint density at radius 3 is 2.52 bits per heavy atom. The normalized spacial score (nSPS) is 18.5. The summed E-state index contributed by atoms with van der Waals surface area (Å²) in [4.78, 5) is 29.0. The van der Waals surface area contributed by atoms with Crippen LogP contribution in [0.5, 0.6) is 5.75 Å². The largest absolute Gasteiger partial charge is 0.497 e. The molecule has 0 spiro atoms. The number of H-pyrrole nitrogens is 1. The van der Waals surface area contributed by atoms with Gasteiger partial charge in [-0.2, -0.15) is 5.10 Å². The van der Waals surface area contributed by atoms with Gasteiger partial charge in [-0.15, -0.1) is 0 Å². The standard InChI is InChI=1S/C13H12N4O5S/c1-22-9-4-2-8(3-5-9)17-11(18)6-10(12(17)19)23(20,21)13-14-7-15-16-13/h2-5,7,10H,6H2,1H3,(H,14,15,16). The van der Waals surface area contributed by atoms with Crippen LogP contribution in [0.1, 0.15) is 6.42 Å². The van der Waals surface area contributed by atoms with Crippen LogP contribution in [0.25, 0.3) is 0 Å². The molecule has 1 aliphatic heterocycles. The van der Waals surface area contributed by atoms with Crippen molar-refractivity contribution in [1.82, 2.24) is 15.2 Å². The van der Waals surface area contributed by atoms with Crippen LogP contribution in [-0.4, -0.2) is 47.8 Å². The SMILES string of the molecule is COc1ccc(N2C(=O)CC(S(=O)(=O)c3ncn[nH]3)C2=O)cc1. The number of nitrogens with zero attached hydrogens (tertiary/aromatic N) is 3. The maximum atomic E-state index is 12.4. The first-order valence-corrected chi connectivity index (χ1v) is 8.10. The van der Waals surface area contributed by atoms with Gasteiger partial charge in [0.15, 0.2) is 5.25 Å². The van der Waals surface area contributed by atoms with E-state index in [1.54, 1.807) is 12.1 Å². The minimum atomic E-state index is -4.10. The van der Waals surface area contributed by atoms with Crippen molar-refractivity contribution >= 4 is 27.3 Å². The Morgan fingerprint density at radius 1 is 1.26 bits per heavy atom. The first-order valence-electron chi connectivity index (χ1n) is 6.55. The molecule has 1 atom stereocenters. The highest BCUT2D eigenvalue weighted by Gasteiger charge is 2.48. The van der Waals surface area contributed by atoms with E-state index in [1.807, 2.05) is 0 Å². The van der Waals surface area contributed by atoms with Crippen LogP contribution < -0.4 is 9.64 Å². The molecule has 1 unspecified atom stereocenters. The number of sulfone groups is 1. The van der Waals surface area contributed by atoms with Gasteiger partial charge in [-0.25, -0.2) is 18.3 Å². The van der Waals surface area contributed by atoms with Gasteiger partial charge in [-0.3, -0.25) is 14.7 Å². The maximum Gasteiger partial charge on any atom is 0.253 e. The second-order valence-electron chi connectivity index (χ2n) is 4.79. The quantitative estimate of drug-likeness (QED) is 0.775. The Balaban J connectivity index is 1.94. The molecule has 2 heterocycles. The number of benzene rings is 1. The second-order valence-corrected chi connectivity index (χ2v) is 6.84. The smallest absolute Gasteiger partial charge is 0.253 e. The topological polar surface area (TPSA) is 122 Å². The lowest BCUT2D eigenvalue weighted by molar-refractivity contribution is -0.121. The molecule has 0 bridgehead atoms. The van der Waals surface area contributed by atoms with Crippen molar-refractivity contribution < 1.29 is 22.7 Å². The number of ether oxygens (including phenoxy) is 1. The zero-order chi connectivity index (χ0) is 16.6. The molecule has 1 aromatic heterocycles. The maximum absolute atomic E-state index is 12.4. The van der Waals surface area contributed by atoms with Crippen molar-refractivity contribution in [3.05, 3.63) is 30.6 Å². The van der Waals surface area contributed by atoms with E-state index in [9.17, 15) is 18.0 Å². The molecule has 0 aliphatic carbocycles. The fourth-order valence-corrected chi connectivity index (χ4v) is 3.69. The molecule has 1 N–H and O–H groups in total. The van der Waals surface area contributed by atoms with Crippen LogP contribution >= 0.6 is 0 Å². The summed E-state index contributed by atoms with van der Waals surface area (Å²) in [6, 6.07) is 6.18. The van der Waals surface area contributed by atoms with E-state index in [-0.39, 0.29) is 5.69 Å². The van der Waals surface area contributed by atoms with Crippen molar-refractivity contribution in [3.63, 3.8) is 0 Å². The van der Waals surface area contributed by atoms with Crippen molar-refractivity contribution in [2.24, 2.45) is 0 Å². The lowest BCUT2D eigenvalue weighted by atomic mass is 10.3. The summed E-state index contributed by atoms with van der Waals surface area (Å²) in [7, 11) is -2.61. The number of carbonyl (C=O) groups is 2. The van der Waals surface area contributed by atoms with E-state index in [1.165, 1.54) is 19.2 Å². The minimum absolute atomic E-state index is 0.288. The highest BCUT2D eigenvalue weighted by molar-refractivity contribution is 7.92. The van der Waals surface area contributed by atoms with Crippen molar-refractivity contribution in [2.45, 2.75) is 16.8 Å². The summed E-state index contributed by atoms with van der Waals surface area (Å²) >= 11 is 0. The van der Waals surface area contributed by atoms with Gasteiger partial charge in [0, 0.05) is 0 Å².